The Bertz CT molecular complexity index is 294. The van der Waals surface area contributed by atoms with E-state index < -0.39 is 6.04 Å². The topological polar surface area (TPSA) is 61.4 Å². The predicted molar refractivity (Wildman–Crippen MR) is 64.4 cm³/mol. The number of rotatable bonds is 3. The van der Waals surface area contributed by atoms with Gasteiger partial charge in [-0.2, -0.15) is 0 Å². The Morgan fingerprint density at radius 1 is 1.29 bits per heavy atom. The van der Waals surface area contributed by atoms with Crippen LogP contribution >= 0.6 is 0 Å². The molecule has 0 saturated carbocycles. The smallest absolute Gasteiger partial charge is 0.244 e. The van der Waals surface area contributed by atoms with Gasteiger partial charge in [0.1, 0.15) is 6.04 Å². The Hall–Kier alpha value is -1.10. The van der Waals surface area contributed by atoms with Crippen LogP contribution in [0.3, 0.4) is 0 Å². The van der Waals surface area contributed by atoms with E-state index in [1.807, 2.05) is 4.90 Å². The van der Waals surface area contributed by atoms with Crippen molar-refractivity contribution in [3.05, 3.63) is 0 Å². The van der Waals surface area contributed by atoms with Crippen LogP contribution < -0.4 is 10.6 Å². The molecule has 0 bridgehead atoms. The molecule has 0 aromatic rings. The standard InChI is InChI=1S/C12H21N3O2/c1-9(12(17)15-7-2-3-8-15)14-11(16)10-5-4-6-13-10/h9-10,13H,2-8H2,1H3,(H,14,16)/t9?,10-/m0/s1. The summed E-state index contributed by atoms with van der Waals surface area (Å²) >= 11 is 0. The first-order chi connectivity index (χ1) is 8.18. The first kappa shape index (κ1) is 12.4. The van der Waals surface area contributed by atoms with Crippen molar-refractivity contribution in [1.29, 1.82) is 0 Å². The SMILES string of the molecule is CC(NC(=O)[C@@H]1CCCN1)C(=O)N1CCCC1. The zero-order valence-electron chi connectivity index (χ0n) is 10.4. The number of carbonyl (C=O) groups excluding carboxylic acids is 2. The maximum Gasteiger partial charge on any atom is 0.244 e. The molecular formula is C12H21N3O2. The second kappa shape index (κ2) is 5.49. The van der Waals surface area contributed by atoms with Gasteiger partial charge in [-0.1, -0.05) is 0 Å². The van der Waals surface area contributed by atoms with Gasteiger partial charge >= 0.3 is 0 Å². The van der Waals surface area contributed by atoms with Crippen LogP contribution in [0.25, 0.3) is 0 Å². The Kier molecular flexibility index (Phi) is 3.99. The number of nitrogens with one attached hydrogen (secondary N) is 2. The predicted octanol–water partition coefficient (Wildman–Crippen LogP) is -0.134. The summed E-state index contributed by atoms with van der Waals surface area (Å²) in [5, 5.41) is 5.94. The highest BCUT2D eigenvalue weighted by atomic mass is 16.2. The molecule has 0 aromatic heterocycles. The Labute approximate surface area is 102 Å². The minimum Gasteiger partial charge on any atom is -0.343 e. The number of amides is 2. The lowest BCUT2D eigenvalue weighted by molar-refractivity contribution is -0.135. The normalized spacial score (nSPS) is 25.9. The van der Waals surface area contributed by atoms with Crippen LogP contribution in [0.5, 0.6) is 0 Å². The van der Waals surface area contributed by atoms with Crippen LogP contribution in [0.15, 0.2) is 0 Å². The molecule has 2 aliphatic heterocycles. The average molecular weight is 239 g/mol. The highest BCUT2D eigenvalue weighted by Crippen LogP contribution is 2.10. The fourth-order valence-electron chi connectivity index (χ4n) is 2.50. The summed E-state index contributed by atoms with van der Waals surface area (Å²) in [6.45, 7) is 4.33. The molecule has 5 nitrogen and oxygen atoms in total. The molecule has 2 fully saturated rings. The van der Waals surface area contributed by atoms with Crippen LogP contribution in [0.1, 0.15) is 32.6 Å². The molecule has 2 saturated heterocycles. The van der Waals surface area contributed by atoms with Crippen molar-refractivity contribution < 1.29 is 9.59 Å². The minimum absolute atomic E-state index is 0.0393. The highest BCUT2D eigenvalue weighted by molar-refractivity contribution is 5.89. The summed E-state index contributed by atoms with van der Waals surface area (Å²) in [4.78, 5) is 25.7. The van der Waals surface area contributed by atoms with Crippen molar-refractivity contribution in [2.24, 2.45) is 0 Å². The lowest BCUT2D eigenvalue weighted by atomic mass is 10.2. The molecular weight excluding hydrogens is 218 g/mol. The molecule has 0 radical (unpaired) electrons. The van der Waals surface area contributed by atoms with E-state index in [1.54, 1.807) is 6.92 Å². The van der Waals surface area contributed by atoms with E-state index in [1.165, 1.54) is 0 Å². The lowest BCUT2D eigenvalue weighted by Crippen LogP contribution is -2.50. The van der Waals surface area contributed by atoms with Gasteiger partial charge in [0, 0.05) is 13.1 Å². The van der Waals surface area contributed by atoms with Gasteiger partial charge in [-0.3, -0.25) is 9.59 Å². The maximum atomic E-state index is 12.0. The first-order valence-electron chi connectivity index (χ1n) is 6.51. The summed E-state index contributed by atoms with van der Waals surface area (Å²) in [6.07, 6.45) is 4.07. The number of nitrogens with zero attached hydrogens (tertiary/aromatic N) is 1. The average Bonchev–Trinajstić information content (AvgIpc) is 3.00. The molecule has 0 aliphatic carbocycles. The quantitative estimate of drug-likeness (QED) is 0.721. The highest BCUT2D eigenvalue weighted by Gasteiger charge is 2.28. The molecule has 2 aliphatic rings. The fraction of sp³-hybridized carbons (Fsp3) is 0.833. The molecule has 2 rings (SSSR count). The van der Waals surface area contributed by atoms with Gasteiger partial charge in [0.25, 0.3) is 0 Å². The van der Waals surface area contributed by atoms with Crippen LogP contribution in [-0.4, -0.2) is 48.4 Å². The van der Waals surface area contributed by atoms with Gasteiger partial charge < -0.3 is 15.5 Å². The first-order valence-corrected chi connectivity index (χ1v) is 6.51. The molecule has 5 heteroatoms. The third-order valence-electron chi connectivity index (χ3n) is 3.52. The molecule has 2 heterocycles. The maximum absolute atomic E-state index is 12.0. The Morgan fingerprint density at radius 3 is 2.59 bits per heavy atom. The van der Waals surface area contributed by atoms with Crippen molar-refractivity contribution >= 4 is 11.8 Å². The monoisotopic (exact) mass is 239 g/mol. The van der Waals surface area contributed by atoms with Gasteiger partial charge in [-0.05, 0) is 39.2 Å². The number of carbonyl (C=O) groups is 2. The van der Waals surface area contributed by atoms with Crippen LogP contribution in [0, 0.1) is 0 Å². The second-order valence-electron chi connectivity index (χ2n) is 4.91. The van der Waals surface area contributed by atoms with Gasteiger partial charge in [0.2, 0.25) is 11.8 Å². The largest absolute Gasteiger partial charge is 0.343 e. The zero-order chi connectivity index (χ0) is 12.3. The van der Waals surface area contributed by atoms with Crippen LogP contribution in [0.4, 0.5) is 0 Å². The second-order valence-corrected chi connectivity index (χ2v) is 4.91. The molecule has 0 aromatic carbocycles. The van der Waals surface area contributed by atoms with E-state index in [2.05, 4.69) is 10.6 Å². The third kappa shape index (κ3) is 2.97. The molecule has 17 heavy (non-hydrogen) atoms. The number of hydrogen-bond donors (Lipinski definition) is 2. The van der Waals surface area contributed by atoms with Crippen LogP contribution in [-0.2, 0) is 9.59 Å². The van der Waals surface area contributed by atoms with E-state index >= 15 is 0 Å². The molecule has 0 spiro atoms. The zero-order valence-corrected chi connectivity index (χ0v) is 10.4. The molecule has 2 amide bonds. The summed E-state index contributed by atoms with van der Waals surface area (Å²) in [5.41, 5.74) is 0. The van der Waals surface area contributed by atoms with Gasteiger partial charge in [-0.25, -0.2) is 0 Å². The van der Waals surface area contributed by atoms with E-state index in [-0.39, 0.29) is 17.9 Å². The third-order valence-corrected chi connectivity index (χ3v) is 3.52. The van der Waals surface area contributed by atoms with E-state index in [0.29, 0.717) is 0 Å². The van der Waals surface area contributed by atoms with E-state index in [0.717, 1.165) is 45.3 Å². The van der Waals surface area contributed by atoms with Crippen LogP contribution in [0.2, 0.25) is 0 Å². The van der Waals surface area contributed by atoms with Gasteiger partial charge in [0.05, 0.1) is 6.04 Å². The number of hydrogen-bond acceptors (Lipinski definition) is 3. The van der Waals surface area contributed by atoms with Crippen molar-refractivity contribution in [2.45, 2.75) is 44.7 Å². The van der Waals surface area contributed by atoms with Crippen molar-refractivity contribution in [1.82, 2.24) is 15.5 Å². The fourth-order valence-corrected chi connectivity index (χ4v) is 2.50. The van der Waals surface area contributed by atoms with Gasteiger partial charge in [-0.15, -0.1) is 0 Å². The van der Waals surface area contributed by atoms with Crippen molar-refractivity contribution in [2.75, 3.05) is 19.6 Å². The molecule has 96 valence electrons. The van der Waals surface area contributed by atoms with E-state index in [9.17, 15) is 9.59 Å². The van der Waals surface area contributed by atoms with Gasteiger partial charge in [0.15, 0.2) is 0 Å². The number of likely N-dealkylation sites (tertiary alicyclic amines) is 1. The Morgan fingerprint density at radius 2 is 2.00 bits per heavy atom. The van der Waals surface area contributed by atoms with Crippen molar-refractivity contribution in [3.63, 3.8) is 0 Å². The minimum atomic E-state index is -0.400. The molecule has 2 atom stereocenters. The lowest BCUT2D eigenvalue weighted by Gasteiger charge is -2.22. The molecule has 1 unspecified atom stereocenters. The van der Waals surface area contributed by atoms with E-state index in [4.69, 9.17) is 0 Å². The summed E-state index contributed by atoms with van der Waals surface area (Å²) < 4.78 is 0. The summed E-state index contributed by atoms with van der Waals surface area (Å²) in [7, 11) is 0. The summed E-state index contributed by atoms with van der Waals surface area (Å²) in [5.74, 6) is 0.0105. The van der Waals surface area contributed by atoms with Crippen molar-refractivity contribution in [3.8, 4) is 0 Å². The summed E-state index contributed by atoms with van der Waals surface area (Å²) in [6, 6.07) is -0.508. The molecule has 2 N–H and O–H groups in total. The Balaban J connectivity index is 1.80.